The molecule has 0 radical (unpaired) electrons. The van der Waals surface area contributed by atoms with Crippen LogP contribution in [0.15, 0.2) is 36.1 Å². The molecule has 4 aromatic rings. The van der Waals surface area contributed by atoms with Crippen molar-refractivity contribution in [1.82, 2.24) is 24.4 Å². The van der Waals surface area contributed by atoms with Crippen LogP contribution in [0.4, 0.5) is 10.8 Å². The van der Waals surface area contributed by atoms with Crippen LogP contribution >= 0.6 is 11.3 Å². The first-order valence-electron chi connectivity index (χ1n) is 9.87. The number of nitrogens with one attached hydrogen (secondary N) is 1. The Hall–Kier alpha value is -2.67. The lowest BCUT2D eigenvalue weighted by Gasteiger charge is -2.22. The van der Waals surface area contributed by atoms with E-state index in [2.05, 4.69) is 40.0 Å². The summed E-state index contributed by atoms with van der Waals surface area (Å²) in [5.41, 5.74) is 5.40. The van der Waals surface area contributed by atoms with Crippen LogP contribution in [-0.4, -0.2) is 24.4 Å². The highest BCUT2D eigenvalue weighted by atomic mass is 32.1. The fourth-order valence-corrected chi connectivity index (χ4v) is 4.86. The van der Waals surface area contributed by atoms with Gasteiger partial charge in [-0.25, -0.2) is 4.98 Å². The summed E-state index contributed by atoms with van der Waals surface area (Å²) in [5, 5.41) is 15.8. The molecule has 0 unspecified atom stereocenters. The minimum absolute atomic E-state index is 0.529. The number of rotatable bonds is 4. The summed E-state index contributed by atoms with van der Waals surface area (Å²) in [7, 11) is 1.93. The molecule has 28 heavy (non-hydrogen) atoms. The lowest BCUT2D eigenvalue weighted by molar-refractivity contribution is 0.437. The van der Waals surface area contributed by atoms with Gasteiger partial charge in [0.15, 0.2) is 5.65 Å². The van der Waals surface area contributed by atoms with E-state index in [-0.39, 0.29) is 0 Å². The highest BCUT2D eigenvalue weighted by Crippen LogP contribution is 2.35. The smallest absolute Gasteiger partial charge is 0.165 e. The molecule has 0 saturated heterocycles. The van der Waals surface area contributed by atoms with Crippen LogP contribution in [0.3, 0.4) is 0 Å². The summed E-state index contributed by atoms with van der Waals surface area (Å²) in [6, 6.07) is 4.36. The molecule has 0 bridgehead atoms. The number of nitrogens with zero attached hydrogens (tertiary/aromatic N) is 5. The zero-order valence-corrected chi connectivity index (χ0v) is 17.0. The number of aromatic nitrogens is 5. The Kier molecular flexibility index (Phi) is 4.39. The van der Waals surface area contributed by atoms with Crippen molar-refractivity contribution in [2.45, 2.75) is 44.9 Å². The highest BCUT2D eigenvalue weighted by molar-refractivity contribution is 7.14. The van der Waals surface area contributed by atoms with Crippen molar-refractivity contribution in [2.75, 3.05) is 5.32 Å². The molecule has 0 spiro atoms. The van der Waals surface area contributed by atoms with Gasteiger partial charge < -0.3 is 5.32 Å². The molecule has 4 heterocycles. The molecule has 1 N–H and O–H groups in total. The molecule has 1 aliphatic carbocycles. The summed E-state index contributed by atoms with van der Waals surface area (Å²) >= 11 is 1.71. The second-order valence-electron chi connectivity index (χ2n) is 7.71. The largest absolute Gasteiger partial charge is 0.332 e. The number of anilines is 2. The van der Waals surface area contributed by atoms with E-state index in [9.17, 15) is 0 Å². The molecule has 1 aliphatic rings. The van der Waals surface area contributed by atoms with Gasteiger partial charge in [-0.3, -0.25) is 4.68 Å². The Morgan fingerprint density at radius 3 is 2.68 bits per heavy atom. The Bertz CT molecular complexity index is 1120. The number of aryl methyl sites for hydroxylation is 2. The molecule has 4 aromatic heterocycles. The molecular formula is C21H24N6S. The van der Waals surface area contributed by atoms with Crippen LogP contribution in [0, 0.1) is 6.92 Å². The average Bonchev–Trinajstić information content (AvgIpc) is 3.42. The summed E-state index contributed by atoms with van der Waals surface area (Å²) < 4.78 is 3.74. The SMILES string of the molecule is Cc1csc(Nc2cc(C3CCCCC3)nc3c(-c4cnn(C)c4)cnn23)c1. The topological polar surface area (TPSA) is 60.0 Å². The third-order valence-corrected chi connectivity index (χ3v) is 6.48. The first-order chi connectivity index (χ1) is 13.7. The van der Waals surface area contributed by atoms with Crippen molar-refractivity contribution in [3.05, 3.63) is 47.4 Å². The Morgan fingerprint density at radius 1 is 1.11 bits per heavy atom. The van der Waals surface area contributed by atoms with Crippen LogP contribution in [0.25, 0.3) is 16.8 Å². The maximum Gasteiger partial charge on any atom is 0.165 e. The molecule has 0 aliphatic heterocycles. The van der Waals surface area contributed by atoms with Gasteiger partial charge in [-0.2, -0.15) is 14.7 Å². The van der Waals surface area contributed by atoms with Gasteiger partial charge in [0.25, 0.3) is 0 Å². The van der Waals surface area contributed by atoms with E-state index in [0.29, 0.717) is 5.92 Å². The van der Waals surface area contributed by atoms with Crippen molar-refractivity contribution in [3.8, 4) is 11.1 Å². The van der Waals surface area contributed by atoms with E-state index in [0.717, 1.165) is 27.6 Å². The molecule has 5 rings (SSSR count). The standard InChI is InChI=1S/C21H24N6S/c1-14-8-20(28-13-14)25-19-9-18(15-6-4-3-5-7-15)24-21-17(11-23-27(19)21)16-10-22-26(2)12-16/h8-13,15,25H,3-7H2,1-2H3. The molecule has 144 valence electrons. The van der Waals surface area contributed by atoms with Crippen LogP contribution in [0.5, 0.6) is 0 Å². The maximum absolute atomic E-state index is 5.08. The zero-order valence-electron chi connectivity index (χ0n) is 16.2. The first kappa shape index (κ1) is 17.4. The van der Waals surface area contributed by atoms with Gasteiger partial charge >= 0.3 is 0 Å². The van der Waals surface area contributed by atoms with Gasteiger partial charge in [0.2, 0.25) is 0 Å². The van der Waals surface area contributed by atoms with Gasteiger partial charge in [0.05, 0.1) is 17.4 Å². The predicted octanol–water partition coefficient (Wildman–Crippen LogP) is 5.29. The molecule has 6 nitrogen and oxygen atoms in total. The molecule has 0 amide bonds. The van der Waals surface area contributed by atoms with Crippen molar-refractivity contribution in [1.29, 1.82) is 0 Å². The van der Waals surface area contributed by atoms with Crippen molar-refractivity contribution in [2.24, 2.45) is 7.05 Å². The number of hydrogen-bond acceptors (Lipinski definition) is 5. The average molecular weight is 393 g/mol. The van der Waals surface area contributed by atoms with Gasteiger partial charge in [-0.15, -0.1) is 11.3 Å². The van der Waals surface area contributed by atoms with Crippen molar-refractivity contribution < 1.29 is 0 Å². The molecule has 1 fully saturated rings. The third-order valence-electron chi connectivity index (χ3n) is 5.51. The minimum atomic E-state index is 0.529. The van der Waals surface area contributed by atoms with Crippen LogP contribution in [0.1, 0.15) is 49.3 Å². The van der Waals surface area contributed by atoms with Gasteiger partial charge in [0, 0.05) is 42.0 Å². The van der Waals surface area contributed by atoms with Gasteiger partial charge in [0.1, 0.15) is 5.82 Å². The van der Waals surface area contributed by atoms with Crippen molar-refractivity contribution in [3.63, 3.8) is 0 Å². The second kappa shape index (κ2) is 7.05. The quantitative estimate of drug-likeness (QED) is 0.512. The fourth-order valence-electron chi connectivity index (χ4n) is 4.07. The first-order valence-corrected chi connectivity index (χ1v) is 10.8. The van der Waals surface area contributed by atoms with E-state index in [1.165, 1.54) is 43.4 Å². The highest BCUT2D eigenvalue weighted by Gasteiger charge is 2.21. The number of hydrogen-bond donors (Lipinski definition) is 1. The van der Waals surface area contributed by atoms with E-state index in [4.69, 9.17) is 4.98 Å². The van der Waals surface area contributed by atoms with Crippen LogP contribution < -0.4 is 5.32 Å². The molecular weight excluding hydrogens is 368 g/mol. The van der Waals surface area contributed by atoms with Crippen molar-refractivity contribution >= 4 is 27.8 Å². The fraction of sp³-hybridized carbons (Fsp3) is 0.381. The molecule has 1 saturated carbocycles. The van der Waals surface area contributed by atoms with E-state index < -0.39 is 0 Å². The predicted molar refractivity (Wildman–Crippen MR) is 113 cm³/mol. The number of thiophene rings is 1. The van der Waals surface area contributed by atoms with Gasteiger partial charge in [-0.1, -0.05) is 19.3 Å². The molecule has 7 heteroatoms. The number of fused-ring (bicyclic) bond motifs is 1. The molecule has 0 atom stereocenters. The Balaban J connectivity index is 1.64. The monoisotopic (exact) mass is 392 g/mol. The van der Waals surface area contributed by atoms with Crippen LogP contribution in [-0.2, 0) is 7.05 Å². The zero-order chi connectivity index (χ0) is 19.1. The minimum Gasteiger partial charge on any atom is -0.332 e. The van der Waals surface area contributed by atoms with E-state index >= 15 is 0 Å². The summed E-state index contributed by atoms with van der Waals surface area (Å²) in [6.45, 7) is 2.12. The van der Waals surface area contributed by atoms with Crippen LogP contribution in [0.2, 0.25) is 0 Å². The van der Waals surface area contributed by atoms with E-state index in [1.807, 2.05) is 34.8 Å². The Labute approximate surface area is 168 Å². The second-order valence-corrected chi connectivity index (χ2v) is 8.62. The lowest BCUT2D eigenvalue weighted by atomic mass is 9.87. The summed E-state index contributed by atoms with van der Waals surface area (Å²) in [4.78, 5) is 5.08. The summed E-state index contributed by atoms with van der Waals surface area (Å²) in [6.07, 6.45) is 12.1. The summed E-state index contributed by atoms with van der Waals surface area (Å²) in [5.74, 6) is 1.50. The Morgan fingerprint density at radius 2 is 1.96 bits per heavy atom. The molecule has 0 aromatic carbocycles. The lowest BCUT2D eigenvalue weighted by Crippen LogP contribution is -2.10. The maximum atomic E-state index is 5.08. The normalized spacial score (nSPS) is 15.4. The third kappa shape index (κ3) is 3.20. The van der Waals surface area contributed by atoms with E-state index in [1.54, 1.807) is 11.3 Å². The van der Waals surface area contributed by atoms with Gasteiger partial charge in [-0.05, 0) is 36.8 Å².